The fourth-order valence-corrected chi connectivity index (χ4v) is 2.41. The van der Waals surface area contributed by atoms with Crippen LogP contribution in [0.5, 0.6) is 5.75 Å². The summed E-state index contributed by atoms with van der Waals surface area (Å²) in [5.74, 6) is -0.129. The van der Waals surface area contributed by atoms with Gasteiger partial charge in [0.15, 0.2) is 0 Å². The molecule has 1 unspecified atom stereocenters. The molecule has 0 saturated carbocycles. The van der Waals surface area contributed by atoms with Gasteiger partial charge >= 0.3 is 5.97 Å². The van der Waals surface area contributed by atoms with Crippen LogP contribution in [0.1, 0.15) is 21.8 Å². The van der Waals surface area contributed by atoms with Gasteiger partial charge in [-0.15, -0.1) is 0 Å². The zero-order valence-corrected chi connectivity index (χ0v) is 10.7. The molecule has 1 aliphatic heterocycles. The topological polar surface area (TPSA) is 68.5 Å². The third-order valence-corrected chi connectivity index (χ3v) is 3.46. The van der Waals surface area contributed by atoms with Crippen LogP contribution in [-0.4, -0.2) is 22.2 Å². The average molecular weight is 271 g/mol. The molecule has 5 heteroatoms. The van der Waals surface area contributed by atoms with Crippen molar-refractivity contribution in [1.29, 1.82) is 0 Å². The van der Waals surface area contributed by atoms with Crippen molar-refractivity contribution in [2.75, 3.05) is 6.61 Å². The molecule has 20 heavy (non-hydrogen) atoms. The molecule has 0 spiro atoms. The molecule has 2 heterocycles. The lowest BCUT2D eigenvalue weighted by atomic mass is 10.0. The lowest BCUT2D eigenvalue weighted by Gasteiger charge is -2.11. The first kappa shape index (κ1) is 12.5. The van der Waals surface area contributed by atoms with Gasteiger partial charge in [0, 0.05) is 30.3 Å². The minimum Gasteiger partial charge on any atom is -0.493 e. The normalized spacial score (nSPS) is 16.5. The second-order valence-corrected chi connectivity index (χ2v) is 4.76. The van der Waals surface area contributed by atoms with Crippen molar-refractivity contribution in [3.8, 4) is 5.75 Å². The van der Waals surface area contributed by atoms with Gasteiger partial charge in [-0.2, -0.15) is 0 Å². The number of hydrogen-bond donors (Lipinski definition) is 1. The molecule has 1 aromatic carbocycles. The maximum atomic E-state index is 11.9. The first-order valence-corrected chi connectivity index (χ1v) is 6.30. The summed E-state index contributed by atoms with van der Waals surface area (Å²) in [6, 6.07) is 10.3. The standard InChI is InChI=1S/C15H13NO4/c17-14-7-10(15(18)19)5-6-16(14)8-11-9-20-13-4-2-1-3-12(11)13/h1-7,11H,8-9H2,(H,18,19). The molecule has 1 aliphatic rings. The summed E-state index contributed by atoms with van der Waals surface area (Å²) in [6.07, 6.45) is 1.52. The van der Waals surface area contributed by atoms with E-state index < -0.39 is 5.97 Å². The summed E-state index contributed by atoms with van der Waals surface area (Å²) in [5, 5.41) is 8.85. The Balaban J connectivity index is 1.86. The zero-order valence-electron chi connectivity index (χ0n) is 10.7. The van der Waals surface area contributed by atoms with E-state index in [-0.39, 0.29) is 17.0 Å². The number of pyridine rings is 1. The molecule has 5 nitrogen and oxygen atoms in total. The number of ether oxygens (including phenoxy) is 1. The van der Waals surface area contributed by atoms with Crippen molar-refractivity contribution >= 4 is 5.97 Å². The van der Waals surface area contributed by atoms with Gasteiger partial charge in [-0.05, 0) is 12.1 Å². The summed E-state index contributed by atoms with van der Waals surface area (Å²) in [6.45, 7) is 1.02. The predicted octanol–water partition coefficient (Wildman–Crippen LogP) is 1.72. The molecule has 1 N–H and O–H groups in total. The Hall–Kier alpha value is -2.56. The molecule has 0 radical (unpaired) electrons. The van der Waals surface area contributed by atoms with Crippen LogP contribution in [0.25, 0.3) is 0 Å². The average Bonchev–Trinajstić information content (AvgIpc) is 2.84. The zero-order chi connectivity index (χ0) is 14.1. The molecule has 0 saturated heterocycles. The van der Waals surface area contributed by atoms with Crippen molar-refractivity contribution < 1.29 is 14.6 Å². The lowest BCUT2D eigenvalue weighted by Crippen LogP contribution is -2.24. The number of carboxylic acids is 1. The van der Waals surface area contributed by atoms with Crippen molar-refractivity contribution in [2.24, 2.45) is 0 Å². The molecule has 0 fully saturated rings. The van der Waals surface area contributed by atoms with Crippen LogP contribution in [0.3, 0.4) is 0 Å². The Morgan fingerprint density at radius 1 is 1.35 bits per heavy atom. The van der Waals surface area contributed by atoms with E-state index in [2.05, 4.69) is 0 Å². The summed E-state index contributed by atoms with van der Waals surface area (Å²) < 4.78 is 7.09. The van der Waals surface area contributed by atoms with Crippen molar-refractivity contribution in [3.05, 3.63) is 64.1 Å². The van der Waals surface area contributed by atoms with E-state index in [1.165, 1.54) is 16.8 Å². The maximum Gasteiger partial charge on any atom is 0.335 e. The van der Waals surface area contributed by atoms with Crippen molar-refractivity contribution in [1.82, 2.24) is 4.57 Å². The number of hydrogen-bond acceptors (Lipinski definition) is 3. The SMILES string of the molecule is O=C(O)c1ccn(CC2COc3ccccc32)c(=O)c1. The van der Waals surface area contributed by atoms with E-state index in [9.17, 15) is 9.59 Å². The number of aromatic nitrogens is 1. The maximum absolute atomic E-state index is 11.9. The molecular weight excluding hydrogens is 258 g/mol. The van der Waals surface area contributed by atoms with Crippen LogP contribution in [0.2, 0.25) is 0 Å². The van der Waals surface area contributed by atoms with Crippen molar-refractivity contribution in [3.63, 3.8) is 0 Å². The van der Waals surface area contributed by atoms with Crippen LogP contribution in [-0.2, 0) is 6.54 Å². The van der Waals surface area contributed by atoms with E-state index in [1.54, 1.807) is 0 Å². The second kappa shape index (κ2) is 4.85. The van der Waals surface area contributed by atoms with E-state index in [0.29, 0.717) is 13.2 Å². The number of benzene rings is 1. The monoisotopic (exact) mass is 271 g/mol. The molecule has 0 aliphatic carbocycles. The smallest absolute Gasteiger partial charge is 0.335 e. The van der Waals surface area contributed by atoms with E-state index in [0.717, 1.165) is 17.4 Å². The van der Waals surface area contributed by atoms with Gasteiger partial charge in [0.25, 0.3) is 5.56 Å². The van der Waals surface area contributed by atoms with Crippen LogP contribution in [0.4, 0.5) is 0 Å². The van der Waals surface area contributed by atoms with Crippen molar-refractivity contribution in [2.45, 2.75) is 12.5 Å². The summed E-state index contributed by atoms with van der Waals surface area (Å²) >= 11 is 0. The van der Waals surface area contributed by atoms with E-state index in [1.807, 2.05) is 24.3 Å². The van der Waals surface area contributed by atoms with Crippen LogP contribution < -0.4 is 10.3 Å². The molecule has 102 valence electrons. The van der Waals surface area contributed by atoms with Crippen LogP contribution in [0.15, 0.2) is 47.4 Å². The first-order chi connectivity index (χ1) is 9.65. The molecule has 1 aromatic heterocycles. The predicted molar refractivity (Wildman–Crippen MR) is 72.3 cm³/mol. The molecule has 2 aromatic rings. The number of aromatic carboxylic acids is 1. The summed E-state index contributed by atoms with van der Waals surface area (Å²) in [4.78, 5) is 22.7. The Morgan fingerprint density at radius 3 is 2.90 bits per heavy atom. The Bertz CT molecular complexity index is 720. The lowest BCUT2D eigenvalue weighted by molar-refractivity contribution is 0.0696. The largest absolute Gasteiger partial charge is 0.493 e. The Morgan fingerprint density at radius 2 is 2.15 bits per heavy atom. The third kappa shape index (κ3) is 2.18. The van der Waals surface area contributed by atoms with E-state index in [4.69, 9.17) is 9.84 Å². The molecule has 0 bridgehead atoms. The quantitative estimate of drug-likeness (QED) is 0.923. The summed E-state index contributed by atoms with van der Waals surface area (Å²) in [7, 11) is 0. The molecule has 3 rings (SSSR count). The molecular formula is C15H13NO4. The Kier molecular flexibility index (Phi) is 3.02. The minimum atomic E-state index is -1.09. The van der Waals surface area contributed by atoms with Gasteiger partial charge in [0.1, 0.15) is 5.75 Å². The summed E-state index contributed by atoms with van der Waals surface area (Å²) in [5.41, 5.74) is 0.783. The Labute approximate surface area is 115 Å². The molecule has 1 atom stereocenters. The number of carbonyl (C=O) groups is 1. The highest BCUT2D eigenvalue weighted by molar-refractivity contribution is 5.87. The highest BCUT2D eigenvalue weighted by atomic mass is 16.5. The van der Waals surface area contributed by atoms with Gasteiger partial charge in [-0.1, -0.05) is 18.2 Å². The molecule has 0 amide bonds. The second-order valence-electron chi connectivity index (χ2n) is 4.76. The van der Waals surface area contributed by atoms with Gasteiger partial charge in [0.05, 0.1) is 12.2 Å². The number of carboxylic acid groups (broad SMARTS) is 1. The highest BCUT2D eigenvalue weighted by Crippen LogP contribution is 2.34. The number of fused-ring (bicyclic) bond motifs is 1. The van der Waals surface area contributed by atoms with Gasteiger partial charge < -0.3 is 14.4 Å². The fourth-order valence-electron chi connectivity index (χ4n) is 2.41. The minimum absolute atomic E-state index is 0.00863. The fraction of sp³-hybridized carbons (Fsp3) is 0.200. The number of nitrogens with zero attached hydrogens (tertiary/aromatic N) is 1. The number of para-hydroxylation sites is 1. The van der Waals surface area contributed by atoms with Gasteiger partial charge in [0.2, 0.25) is 0 Å². The van der Waals surface area contributed by atoms with Gasteiger partial charge in [-0.25, -0.2) is 4.79 Å². The highest BCUT2D eigenvalue weighted by Gasteiger charge is 2.24. The van der Waals surface area contributed by atoms with E-state index >= 15 is 0 Å². The third-order valence-electron chi connectivity index (χ3n) is 3.46. The van der Waals surface area contributed by atoms with Crippen LogP contribution >= 0.6 is 0 Å². The van der Waals surface area contributed by atoms with Gasteiger partial charge in [-0.3, -0.25) is 4.79 Å². The number of rotatable bonds is 3. The van der Waals surface area contributed by atoms with Crippen LogP contribution in [0, 0.1) is 0 Å². The first-order valence-electron chi connectivity index (χ1n) is 6.30.